The van der Waals surface area contributed by atoms with E-state index in [0.29, 0.717) is 0 Å². The van der Waals surface area contributed by atoms with E-state index in [4.69, 9.17) is 23.2 Å². The first-order chi connectivity index (χ1) is 12.1. The van der Waals surface area contributed by atoms with Gasteiger partial charge in [-0.1, -0.05) is 35.7 Å². The largest absolute Gasteiger partial charge is 0.319 e. The van der Waals surface area contributed by atoms with Gasteiger partial charge in [-0.25, -0.2) is 5.01 Å². The maximum Gasteiger partial charge on any atom is 0.288 e. The van der Waals surface area contributed by atoms with Crippen molar-refractivity contribution < 1.29 is 9.59 Å². The number of carbonyl (C=O) groups excluding carboxylic acids is 2. The van der Waals surface area contributed by atoms with Crippen LogP contribution < -0.4 is 10.7 Å². The smallest absolute Gasteiger partial charge is 0.288 e. The lowest BCUT2D eigenvalue weighted by atomic mass is 10.2. The molecule has 1 aromatic heterocycles. The van der Waals surface area contributed by atoms with Gasteiger partial charge in [0.1, 0.15) is 0 Å². The molecule has 132 valence electrons. The number of nitrogens with zero attached hydrogens (tertiary/aromatic N) is 2. The molecule has 0 radical (unpaired) electrons. The van der Waals surface area contributed by atoms with Crippen molar-refractivity contribution in [3.05, 3.63) is 45.7 Å². The highest BCUT2D eigenvalue weighted by Crippen LogP contribution is 2.25. The molecule has 3 rings (SSSR count). The second-order valence-corrected chi connectivity index (χ2v) is 6.50. The van der Waals surface area contributed by atoms with E-state index < -0.39 is 5.91 Å². The van der Waals surface area contributed by atoms with Crippen LogP contribution in [0.15, 0.2) is 24.4 Å². The molecule has 1 aliphatic heterocycles. The minimum atomic E-state index is -0.510. The molecule has 0 bridgehead atoms. The summed E-state index contributed by atoms with van der Waals surface area (Å²) < 4.78 is 0. The number of amides is 2. The number of aromatic nitrogens is 2. The number of halogens is 2. The van der Waals surface area contributed by atoms with Crippen molar-refractivity contribution in [1.82, 2.24) is 20.6 Å². The normalized spacial score (nSPS) is 15.0. The number of aromatic amines is 1. The maximum atomic E-state index is 12.5. The van der Waals surface area contributed by atoms with E-state index in [9.17, 15) is 9.59 Å². The predicted molar refractivity (Wildman–Crippen MR) is 95.9 cm³/mol. The van der Waals surface area contributed by atoms with Crippen LogP contribution in [0, 0.1) is 0 Å². The molecule has 2 amide bonds. The molecule has 0 spiro atoms. The zero-order valence-corrected chi connectivity index (χ0v) is 14.8. The SMILES string of the molecule is O=C(NN1CCCCC1)c1n[nH]cc1NC(=O)c1c(Cl)cccc1Cl. The maximum absolute atomic E-state index is 12.5. The van der Waals surface area contributed by atoms with Gasteiger partial charge in [0, 0.05) is 19.3 Å². The fourth-order valence-electron chi connectivity index (χ4n) is 2.66. The van der Waals surface area contributed by atoms with Crippen molar-refractivity contribution in [3.63, 3.8) is 0 Å². The Morgan fingerprint density at radius 3 is 2.44 bits per heavy atom. The average molecular weight is 382 g/mol. The van der Waals surface area contributed by atoms with Gasteiger partial charge in [-0.05, 0) is 25.0 Å². The van der Waals surface area contributed by atoms with Crippen molar-refractivity contribution in [3.8, 4) is 0 Å². The Kier molecular flexibility index (Phi) is 5.57. The van der Waals surface area contributed by atoms with Crippen LogP contribution in [0.25, 0.3) is 0 Å². The van der Waals surface area contributed by atoms with Crippen LogP contribution in [0.5, 0.6) is 0 Å². The van der Waals surface area contributed by atoms with Crippen LogP contribution in [-0.2, 0) is 0 Å². The van der Waals surface area contributed by atoms with Gasteiger partial charge in [0.15, 0.2) is 5.69 Å². The van der Waals surface area contributed by atoms with Crippen LogP contribution in [0.4, 0.5) is 5.69 Å². The summed E-state index contributed by atoms with van der Waals surface area (Å²) in [4.78, 5) is 24.9. The standard InChI is InChI=1S/C16H17Cl2N5O2/c17-10-5-4-6-11(18)13(10)15(24)20-12-9-19-21-14(12)16(25)22-23-7-2-1-3-8-23/h4-6,9H,1-3,7-8H2,(H,19,21)(H,20,24)(H,22,25). The van der Waals surface area contributed by atoms with Gasteiger partial charge in [0.05, 0.1) is 21.3 Å². The number of hydrogen-bond acceptors (Lipinski definition) is 4. The number of anilines is 1. The summed E-state index contributed by atoms with van der Waals surface area (Å²) in [5.41, 5.74) is 3.31. The highest BCUT2D eigenvalue weighted by Gasteiger charge is 2.22. The number of nitrogens with one attached hydrogen (secondary N) is 3. The third-order valence-corrected chi connectivity index (χ3v) is 4.54. The van der Waals surface area contributed by atoms with Crippen molar-refractivity contribution in [2.75, 3.05) is 18.4 Å². The molecule has 9 heteroatoms. The molecule has 1 saturated heterocycles. The molecule has 3 N–H and O–H groups in total. The molecule has 0 unspecified atom stereocenters. The summed E-state index contributed by atoms with van der Waals surface area (Å²) in [6.07, 6.45) is 4.67. The Labute approximate surface area is 154 Å². The molecule has 0 aliphatic carbocycles. The summed E-state index contributed by atoms with van der Waals surface area (Å²) in [6.45, 7) is 1.60. The van der Waals surface area contributed by atoms with Crippen molar-refractivity contribution in [2.24, 2.45) is 0 Å². The number of H-pyrrole nitrogens is 1. The lowest BCUT2D eigenvalue weighted by Gasteiger charge is -2.26. The van der Waals surface area contributed by atoms with E-state index in [2.05, 4.69) is 20.9 Å². The van der Waals surface area contributed by atoms with E-state index in [1.54, 1.807) is 18.2 Å². The lowest BCUT2D eigenvalue weighted by Crippen LogP contribution is -2.45. The third kappa shape index (κ3) is 4.12. The Bertz CT molecular complexity index is 766. The van der Waals surface area contributed by atoms with Gasteiger partial charge >= 0.3 is 0 Å². The van der Waals surface area contributed by atoms with E-state index in [-0.39, 0.29) is 32.9 Å². The number of piperidine rings is 1. The highest BCUT2D eigenvalue weighted by molar-refractivity contribution is 6.40. The zero-order valence-electron chi connectivity index (χ0n) is 13.3. The van der Waals surface area contributed by atoms with Gasteiger partial charge in [-0.2, -0.15) is 5.10 Å². The molecule has 1 fully saturated rings. The summed E-state index contributed by atoms with van der Waals surface area (Å²) in [5, 5.41) is 11.5. The Hall–Kier alpha value is -2.09. The lowest BCUT2D eigenvalue weighted by molar-refractivity contribution is 0.0745. The zero-order chi connectivity index (χ0) is 17.8. The molecule has 7 nitrogen and oxygen atoms in total. The van der Waals surface area contributed by atoms with Gasteiger partial charge < -0.3 is 5.32 Å². The number of hydrogen-bond donors (Lipinski definition) is 3. The van der Waals surface area contributed by atoms with E-state index in [0.717, 1.165) is 32.4 Å². The van der Waals surface area contributed by atoms with Gasteiger partial charge in [0.2, 0.25) is 0 Å². The number of hydrazine groups is 1. The molecule has 25 heavy (non-hydrogen) atoms. The summed E-state index contributed by atoms with van der Waals surface area (Å²) in [7, 11) is 0. The molecule has 2 aromatic rings. The number of rotatable bonds is 4. The Balaban J connectivity index is 1.73. The van der Waals surface area contributed by atoms with E-state index >= 15 is 0 Å². The second kappa shape index (κ2) is 7.86. The average Bonchev–Trinajstić information content (AvgIpc) is 3.04. The molecular weight excluding hydrogens is 365 g/mol. The van der Waals surface area contributed by atoms with E-state index in [1.165, 1.54) is 6.20 Å². The monoisotopic (exact) mass is 381 g/mol. The summed E-state index contributed by atoms with van der Waals surface area (Å²) in [5.74, 6) is -0.896. The predicted octanol–water partition coefficient (Wildman–Crippen LogP) is 3.10. The quantitative estimate of drug-likeness (QED) is 0.758. The summed E-state index contributed by atoms with van der Waals surface area (Å²) >= 11 is 12.1. The van der Waals surface area contributed by atoms with Crippen molar-refractivity contribution >= 4 is 40.7 Å². The van der Waals surface area contributed by atoms with Crippen LogP contribution in [-0.4, -0.2) is 40.1 Å². The first-order valence-electron chi connectivity index (χ1n) is 7.91. The number of carbonyl (C=O) groups is 2. The topological polar surface area (TPSA) is 90.1 Å². The minimum Gasteiger partial charge on any atom is -0.319 e. The first kappa shape index (κ1) is 17.7. The molecule has 1 aromatic carbocycles. The molecule has 0 saturated carbocycles. The fraction of sp³-hybridized carbons (Fsp3) is 0.312. The first-order valence-corrected chi connectivity index (χ1v) is 8.67. The van der Waals surface area contributed by atoms with E-state index in [1.807, 2.05) is 5.01 Å². The van der Waals surface area contributed by atoms with Crippen LogP contribution in [0.3, 0.4) is 0 Å². The summed E-state index contributed by atoms with van der Waals surface area (Å²) in [6, 6.07) is 4.79. The second-order valence-electron chi connectivity index (χ2n) is 5.69. The number of benzene rings is 1. The van der Waals surface area contributed by atoms with Crippen LogP contribution >= 0.6 is 23.2 Å². The van der Waals surface area contributed by atoms with Crippen LogP contribution in [0.1, 0.15) is 40.1 Å². The van der Waals surface area contributed by atoms with Crippen molar-refractivity contribution in [2.45, 2.75) is 19.3 Å². The van der Waals surface area contributed by atoms with Gasteiger partial charge in [0.25, 0.3) is 11.8 Å². The molecule has 1 aliphatic rings. The molecule has 0 atom stereocenters. The third-order valence-electron chi connectivity index (χ3n) is 3.91. The minimum absolute atomic E-state index is 0.0992. The van der Waals surface area contributed by atoms with Gasteiger partial charge in [-0.3, -0.25) is 20.1 Å². The fourth-order valence-corrected chi connectivity index (χ4v) is 3.23. The van der Waals surface area contributed by atoms with Crippen molar-refractivity contribution in [1.29, 1.82) is 0 Å². The highest BCUT2D eigenvalue weighted by atomic mass is 35.5. The van der Waals surface area contributed by atoms with Gasteiger partial charge in [-0.15, -0.1) is 0 Å². The Morgan fingerprint density at radius 2 is 1.76 bits per heavy atom. The molecule has 2 heterocycles. The van der Waals surface area contributed by atoms with Crippen LogP contribution in [0.2, 0.25) is 10.0 Å². The molecular formula is C16H17Cl2N5O2. The Morgan fingerprint density at radius 1 is 1.08 bits per heavy atom.